The van der Waals surface area contributed by atoms with Crippen molar-refractivity contribution in [2.24, 2.45) is 0 Å². The van der Waals surface area contributed by atoms with Gasteiger partial charge in [0.15, 0.2) is 0 Å². The van der Waals surface area contributed by atoms with Gasteiger partial charge < -0.3 is 9.47 Å². The maximum Gasteiger partial charge on any atom is 0.346 e. The van der Waals surface area contributed by atoms with Crippen molar-refractivity contribution >= 4 is 17.9 Å². The zero-order valence-electron chi connectivity index (χ0n) is 13.6. The highest BCUT2D eigenvalue weighted by molar-refractivity contribution is 6.02. The molecule has 0 aliphatic carbocycles. The monoisotopic (exact) mass is 346 g/mol. The van der Waals surface area contributed by atoms with Gasteiger partial charge in [0.2, 0.25) is 0 Å². The predicted molar refractivity (Wildman–Crippen MR) is 94.0 cm³/mol. The molecule has 0 fully saturated rings. The molecule has 3 rings (SSSR count). The summed E-state index contributed by atoms with van der Waals surface area (Å²) < 4.78 is 10.1. The Kier molecular flexibility index (Phi) is 5.19. The summed E-state index contributed by atoms with van der Waals surface area (Å²) in [6.07, 6.45) is 0. The zero-order valence-corrected chi connectivity index (χ0v) is 13.6. The topological polar surface area (TPSA) is 69.7 Å². The van der Waals surface area contributed by atoms with Crippen molar-refractivity contribution in [1.82, 2.24) is 0 Å². The van der Waals surface area contributed by atoms with Crippen molar-refractivity contribution in [2.75, 3.05) is 0 Å². The highest BCUT2D eigenvalue weighted by Gasteiger charge is 2.15. The summed E-state index contributed by atoms with van der Waals surface area (Å²) in [5.74, 6) is -1.72. The molecule has 128 valence electrons. The van der Waals surface area contributed by atoms with Gasteiger partial charge in [-0.2, -0.15) is 0 Å². The molecule has 0 amide bonds. The summed E-state index contributed by atoms with van der Waals surface area (Å²) in [6, 6.07) is 22.6. The second-order valence-corrected chi connectivity index (χ2v) is 5.32. The Hall–Kier alpha value is -3.73. The van der Waals surface area contributed by atoms with E-state index in [2.05, 4.69) is 0 Å². The van der Waals surface area contributed by atoms with Crippen molar-refractivity contribution in [3.63, 3.8) is 0 Å². The minimum atomic E-state index is -0.778. The second-order valence-electron chi connectivity index (χ2n) is 5.32. The first kappa shape index (κ1) is 17.1. The van der Waals surface area contributed by atoms with Crippen LogP contribution in [0.15, 0.2) is 84.9 Å². The molecule has 0 atom stereocenters. The first-order valence-electron chi connectivity index (χ1n) is 7.82. The number of carbonyl (C=O) groups excluding carboxylic acids is 3. The minimum Gasteiger partial charge on any atom is -0.423 e. The first-order chi connectivity index (χ1) is 12.6. The molecule has 5 heteroatoms. The lowest BCUT2D eigenvalue weighted by molar-refractivity contribution is 0.0397. The van der Waals surface area contributed by atoms with Crippen LogP contribution in [0.3, 0.4) is 0 Å². The molecular formula is C21H14O5. The summed E-state index contributed by atoms with van der Waals surface area (Å²) in [7, 11) is 0. The van der Waals surface area contributed by atoms with Crippen LogP contribution in [-0.2, 0) is 4.74 Å². The molecule has 0 aliphatic heterocycles. The van der Waals surface area contributed by atoms with Crippen LogP contribution in [0.25, 0.3) is 0 Å². The summed E-state index contributed by atoms with van der Waals surface area (Å²) in [6.45, 7) is 0. The van der Waals surface area contributed by atoms with Crippen molar-refractivity contribution in [1.29, 1.82) is 0 Å². The first-order valence-corrected chi connectivity index (χ1v) is 7.82. The van der Waals surface area contributed by atoms with E-state index in [4.69, 9.17) is 9.47 Å². The van der Waals surface area contributed by atoms with Gasteiger partial charge in [0.05, 0.1) is 16.7 Å². The smallest absolute Gasteiger partial charge is 0.346 e. The predicted octanol–water partition coefficient (Wildman–Crippen LogP) is 3.90. The summed E-state index contributed by atoms with van der Waals surface area (Å²) in [5, 5.41) is 0. The third-order valence-electron chi connectivity index (χ3n) is 3.50. The van der Waals surface area contributed by atoms with E-state index < -0.39 is 17.9 Å². The largest absolute Gasteiger partial charge is 0.423 e. The lowest BCUT2D eigenvalue weighted by atomic mass is 10.2. The third kappa shape index (κ3) is 4.21. The Morgan fingerprint density at radius 1 is 0.500 bits per heavy atom. The fourth-order valence-corrected chi connectivity index (χ4v) is 2.18. The Morgan fingerprint density at radius 2 is 0.923 bits per heavy atom. The van der Waals surface area contributed by atoms with E-state index in [0.29, 0.717) is 5.56 Å². The highest BCUT2D eigenvalue weighted by Crippen LogP contribution is 2.15. The molecule has 0 radical (unpaired) electrons. The van der Waals surface area contributed by atoms with Crippen LogP contribution < -0.4 is 4.74 Å². The maximum absolute atomic E-state index is 12.0. The van der Waals surface area contributed by atoms with E-state index in [-0.39, 0.29) is 16.9 Å². The van der Waals surface area contributed by atoms with Crippen LogP contribution in [0, 0.1) is 0 Å². The average molecular weight is 346 g/mol. The van der Waals surface area contributed by atoms with Gasteiger partial charge in [0.1, 0.15) is 5.75 Å². The lowest BCUT2D eigenvalue weighted by Gasteiger charge is -2.06. The zero-order chi connectivity index (χ0) is 18.4. The quantitative estimate of drug-likeness (QED) is 0.407. The molecule has 5 nitrogen and oxygen atoms in total. The molecular weight excluding hydrogens is 332 g/mol. The molecule has 0 heterocycles. The molecule has 0 spiro atoms. The van der Waals surface area contributed by atoms with Gasteiger partial charge in [-0.25, -0.2) is 14.4 Å². The van der Waals surface area contributed by atoms with Crippen molar-refractivity contribution in [3.8, 4) is 5.75 Å². The Labute approximate surface area is 149 Å². The van der Waals surface area contributed by atoms with Gasteiger partial charge in [0, 0.05) is 0 Å². The number of carbonyl (C=O) groups is 3. The Balaban J connectivity index is 1.63. The minimum absolute atomic E-state index is 0.175. The number of rotatable bonds is 4. The number of hydrogen-bond acceptors (Lipinski definition) is 5. The third-order valence-corrected chi connectivity index (χ3v) is 3.50. The Bertz CT molecular complexity index is 916. The fraction of sp³-hybridized carbons (Fsp3) is 0. The van der Waals surface area contributed by atoms with Gasteiger partial charge in [-0.05, 0) is 48.5 Å². The van der Waals surface area contributed by atoms with Crippen LogP contribution in [-0.4, -0.2) is 17.9 Å². The number of benzene rings is 3. The second kappa shape index (κ2) is 7.90. The van der Waals surface area contributed by atoms with Gasteiger partial charge in [-0.15, -0.1) is 0 Å². The molecule has 0 aromatic heterocycles. The maximum atomic E-state index is 12.0. The molecule has 0 unspecified atom stereocenters. The molecule has 3 aromatic rings. The van der Waals surface area contributed by atoms with Crippen LogP contribution in [0.2, 0.25) is 0 Å². The number of ether oxygens (including phenoxy) is 2. The summed E-state index contributed by atoms with van der Waals surface area (Å²) in [5.41, 5.74) is 0.882. The van der Waals surface area contributed by atoms with E-state index in [1.165, 1.54) is 24.3 Å². The van der Waals surface area contributed by atoms with Crippen molar-refractivity contribution in [3.05, 3.63) is 102 Å². The highest BCUT2D eigenvalue weighted by atomic mass is 16.6. The molecule has 0 bridgehead atoms. The van der Waals surface area contributed by atoms with Gasteiger partial charge in [-0.3, -0.25) is 0 Å². The molecule has 0 N–H and O–H groups in total. The van der Waals surface area contributed by atoms with E-state index in [1.807, 2.05) is 0 Å². The van der Waals surface area contributed by atoms with E-state index in [1.54, 1.807) is 60.7 Å². The number of esters is 3. The Morgan fingerprint density at radius 3 is 1.42 bits per heavy atom. The van der Waals surface area contributed by atoms with E-state index in [0.717, 1.165) is 0 Å². The van der Waals surface area contributed by atoms with E-state index in [9.17, 15) is 14.4 Å². The van der Waals surface area contributed by atoms with Crippen molar-refractivity contribution in [2.45, 2.75) is 0 Å². The lowest BCUT2D eigenvalue weighted by Crippen LogP contribution is -2.13. The van der Waals surface area contributed by atoms with Crippen LogP contribution in [0.4, 0.5) is 0 Å². The molecule has 0 saturated carbocycles. The van der Waals surface area contributed by atoms with Crippen LogP contribution in [0.5, 0.6) is 5.75 Å². The normalized spacial score (nSPS) is 10.0. The van der Waals surface area contributed by atoms with Gasteiger partial charge in [-0.1, -0.05) is 36.4 Å². The molecule has 26 heavy (non-hydrogen) atoms. The summed E-state index contributed by atoms with van der Waals surface area (Å²) >= 11 is 0. The van der Waals surface area contributed by atoms with Gasteiger partial charge in [0.25, 0.3) is 0 Å². The van der Waals surface area contributed by atoms with Crippen LogP contribution in [0.1, 0.15) is 31.1 Å². The number of hydrogen-bond donors (Lipinski definition) is 0. The fourth-order valence-electron chi connectivity index (χ4n) is 2.18. The average Bonchev–Trinajstić information content (AvgIpc) is 2.69. The van der Waals surface area contributed by atoms with Crippen molar-refractivity contribution < 1.29 is 23.9 Å². The van der Waals surface area contributed by atoms with Crippen LogP contribution >= 0.6 is 0 Å². The molecule has 0 saturated heterocycles. The van der Waals surface area contributed by atoms with Gasteiger partial charge >= 0.3 is 17.9 Å². The SMILES string of the molecule is O=C(OC(=O)c1ccc(OC(=O)c2ccccc2)cc1)c1ccccc1. The standard InChI is InChI=1S/C21H14O5/c22-19(15-7-3-1-4-8-15)25-18-13-11-17(12-14-18)21(24)26-20(23)16-9-5-2-6-10-16/h1-14H. The van der Waals surface area contributed by atoms with E-state index >= 15 is 0 Å². The molecule has 3 aromatic carbocycles. The summed E-state index contributed by atoms with van der Waals surface area (Å²) in [4.78, 5) is 35.9. The molecule has 0 aliphatic rings.